The normalized spacial score (nSPS) is 20.5. The lowest BCUT2D eigenvalue weighted by Gasteiger charge is -2.32. The van der Waals surface area contributed by atoms with Gasteiger partial charge in [0.05, 0.1) is 25.4 Å². The Labute approximate surface area is 178 Å². The fraction of sp³-hybridized carbons (Fsp3) is 0.636. The number of hydrogen-bond donors (Lipinski definition) is 1. The molecule has 0 aromatic carbocycles. The van der Waals surface area contributed by atoms with Crippen LogP contribution < -0.4 is 5.32 Å². The van der Waals surface area contributed by atoms with Crippen LogP contribution in [0.1, 0.15) is 55.6 Å². The molecule has 3 rings (SSSR count). The molecule has 3 heterocycles. The van der Waals surface area contributed by atoms with Crippen LogP contribution in [0.2, 0.25) is 0 Å². The number of carbonyl (C=O) groups is 3. The number of hydrogen-bond acceptors (Lipinski definition) is 6. The average molecular weight is 417 g/mol. The minimum Gasteiger partial charge on any atom is -0.379 e. The van der Waals surface area contributed by atoms with E-state index in [-0.39, 0.29) is 36.0 Å². The number of morpholine rings is 1. The van der Waals surface area contributed by atoms with Crippen LogP contribution in [0.15, 0.2) is 12.3 Å². The number of amides is 2. The number of likely N-dealkylation sites (N-methyl/N-ethyl adjacent to an activating group) is 1. The average Bonchev–Trinajstić information content (AvgIpc) is 2.74. The number of likely N-dealkylation sites (tertiary alicyclic amines) is 1. The van der Waals surface area contributed by atoms with Gasteiger partial charge in [-0.25, -0.2) is 0 Å². The van der Waals surface area contributed by atoms with E-state index >= 15 is 0 Å². The van der Waals surface area contributed by atoms with Gasteiger partial charge in [0.25, 0.3) is 0 Å². The van der Waals surface area contributed by atoms with Gasteiger partial charge in [-0.1, -0.05) is 13.8 Å². The lowest BCUT2D eigenvalue weighted by atomic mass is 9.90. The molecule has 0 aliphatic carbocycles. The molecule has 2 aliphatic heterocycles. The maximum absolute atomic E-state index is 12.7. The Hall–Kier alpha value is -2.32. The highest BCUT2D eigenvalue weighted by Crippen LogP contribution is 2.30. The highest BCUT2D eigenvalue weighted by molar-refractivity contribution is 6.04. The van der Waals surface area contributed by atoms with Gasteiger partial charge in [0.15, 0.2) is 5.78 Å². The lowest BCUT2D eigenvalue weighted by Crippen LogP contribution is -2.41. The number of ether oxygens (including phenoxy) is 1. The Kier molecular flexibility index (Phi) is 7.55. The van der Waals surface area contributed by atoms with E-state index in [1.54, 1.807) is 6.20 Å². The summed E-state index contributed by atoms with van der Waals surface area (Å²) in [6.07, 6.45) is 2.97. The van der Waals surface area contributed by atoms with Gasteiger partial charge in [-0.2, -0.15) is 0 Å². The summed E-state index contributed by atoms with van der Waals surface area (Å²) in [5.41, 5.74) is 1.70. The van der Waals surface area contributed by atoms with E-state index in [1.165, 1.54) is 0 Å². The third-order valence-corrected chi connectivity index (χ3v) is 5.76. The Morgan fingerprint density at radius 3 is 2.70 bits per heavy atom. The first-order chi connectivity index (χ1) is 14.4. The number of ketones is 1. The van der Waals surface area contributed by atoms with Gasteiger partial charge in [-0.05, 0) is 25.0 Å². The van der Waals surface area contributed by atoms with Crippen molar-refractivity contribution in [1.82, 2.24) is 14.8 Å². The maximum atomic E-state index is 12.7. The van der Waals surface area contributed by atoms with Crippen molar-refractivity contribution < 1.29 is 19.1 Å². The number of anilines is 1. The number of nitrogens with zero attached hydrogens (tertiary/aromatic N) is 3. The van der Waals surface area contributed by atoms with Crippen molar-refractivity contribution >= 4 is 23.3 Å². The predicted molar refractivity (Wildman–Crippen MR) is 114 cm³/mol. The van der Waals surface area contributed by atoms with E-state index in [4.69, 9.17) is 4.74 Å². The lowest BCUT2D eigenvalue weighted by molar-refractivity contribution is -0.133. The van der Waals surface area contributed by atoms with Gasteiger partial charge in [-0.15, -0.1) is 0 Å². The molecule has 2 fully saturated rings. The summed E-state index contributed by atoms with van der Waals surface area (Å²) in [7, 11) is 0. The molecule has 8 nitrogen and oxygen atoms in total. The van der Waals surface area contributed by atoms with Crippen LogP contribution in [0.4, 0.5) is 5.69 Å². The van der Waals surface area contributed by atoms with Gasteiger partial charge in [0, 0.05) is 50.6 Å². The van der Waals surface area contributed by atoms with Crippen molar-refractivity contribution in [3.8, 4) is 0 Å². The van der Waals surface area contributed by atoms with Gasteiger partial charge in [0.2, 0.25) is 11.8 Å². The number of rotatable bonds is 7. The van der Waals surface area contributed by atoms with E-state index in [2.05, 4.69) is 10.3 Å². The number of carbonyl (C=O) groups excluding carboxylic acids is 3. The number of aromatic nitrogens is 1. The zero-order chi connectivity index (χ0) is 21.7. The molecule has 30 heavy (non-hydrogen) atoms. The largest absolute Gasteiger partial charge is 0.379 e. The topological polar surface area (TPSA) is 91.8 Å². The molecule has 1 aromatic rings. The van der Waals surface area contributed by atoms with Crippen LogP contribution in [-0.4, -0.2) is 78.3 Å². The van der Waals surface area contributed by atoms with E-state index in [9.17, 15) is 14.4 Å². The first-order valence-corrected chi connectivity index (χ1v) is 10.8. The zero-order valence-electron chi connectivity index (χ0n) is 18.1. The number of nitrogens with one attached hydrogen (secondary N) is 1. The summed E-state index contributed by atoms with van der Waals surface area (Å²) in [5, 5.41) is 2.92. The van der Waals surface area contributed by atoms with E-state index in [1.807, 2.05) is 36.6 Å². The van der Waals surface area contributed by atoms with E-state index in [0.29, 0.717) is 57.2 Å². The minimum absolute atomic E-state index is 0.0998. The Morgan fingerprint density at radius 1 is 1.30 bits per heavy atom. The number of piperidine rings is 1. The standard InChI is InChI=1S/C22H32N4O4/c1-4-26-13-16(5-6-20(26)28)17-11-18(21(23-12-17)22(29)15(2)3)24-19(27)14-25-7-9-30-10-8-25/h11-12,15-16H,4-10,13-14H2,1-3H3,(H,24,27). The Morgan fingerprint density at radius 2 is 2.03 bits per heavy atom. The fourth-order valence-corrected chi connectivity index (χ4v) is 3.91. The van der Waals surface area contributed by atoms with Gasteiger partial charge >= 0.3 is 0 Å². The molecule has 0 spiro atoms. The van der Waals surface area contributed by atoms with Crippen LogP contribution in [0.25, 0.3) is 0 Å². The molecule has 0 radical (unpaired) electrons. The molecule has 1 N–H and O–H groups in total. The highest BCUT2D eigenvalue weighted by Gasteiger charge is 2.27. The maximum Gasteiger partial charge on any atom is 0.238 e. The number of Topliss-reactive ketones (excluding diaryl/α,β-unsaturated/α-hetero) is 1. The molecule has 0 saturated carbocycles. The summed E-state index contributed by atoms with van der Waals surface area (Å²) in [6.45, 7) is 9.85. The molecular formula is C22H32N4O4. The number of pyridine rings is 1. The van der Waals surface area contributed by atoms with Gasteiger partial charge in [-0.3, -0.25) is 24.3 Å². The smallest absolute Gasteiger partial charge is 0.238 e. The minimum atomic E-state index is -0.221. The summed E-state index contributed by atoms with van der Waals surface area (Å²) < 4.78 is 5.33. The third kappa shape index (κ3) is 5.43. The van der Waals surface area contributed by atoms with Crippen LogP contribution in [0.3, 0.4) is 0 Å². The van der Waals surface area contributed by atoms with Crippen LogP contribution in [-0.2, 0) is 14.3 Å². The summed E-state index contributed by atoms with van der Waals surface area (Å²) in [5.74, 6) is -0.165. The highest BCUT2D eigenvalue weighted by atomic mass is 16.5. The Bertz CT molecular complexity index is 789. The first-order valence-electron chi connectivity index (χ1n) is 10.8. The molecule has 8 heteroatoms. The molecule has 2 saturated heterocycles. The summed E-state index contributed by atoms with van der Waals surface area (Å²) in [6, 6.07) is 1.87. The quantitative estimate of drug-likeness (QED) is 0.683. The second-order valence-electron chi connectivity index (χ2n) is 8.29. The second kappa shape index (κ2) is 10.1. The van der Waals surface area contributed by atoms with Crippen molar-refractivity contribution in [3.63, 3.8) is 0 Å². The molecule has 1 atom stereocenters. The van der Waals surface area contributed by atoms with E-state index < -0.39 is 0 Å². The van der Waals surface area contributed by atoms with Gasteiger partial charge < -0.3 is 15.0 Å². The van der Waals surface area contributed by atoms with E-state index in [0.717, 1.165) is 12.0 Å². The molecule has 2 aliphatic rings. The summed E-state index contributed by atoms with van der Waals surface area (Å²) in [4.78, 5) is 45.7. The molecule has 2 amide bonds. The third-order valence-electron chi connectivity index (χ3n) is 5.76. The van der Waals surface area contributed by atoms with Crippen molar-refractivity contribution in [2.24, 2.45) is 5.92 Å². The monoisotopic (exact) mass is 416 g/mol. The van der Waals surface area contributed by atoms with Crippen LogP contribution in [0.5, 0.6) is 0 Å². The van der Waals surface area contributed by atoms with Crippen molar-refractivity contribution in [1.29, 1.82) is 0 Å². The summed E-state index contributed by atoms with van der Waals surface area (Å²) >= 11 is 0. The molecular weight excluding hydrogens is 384 g/mol. The molecule has 1 aromatic heterocycles. The zero-order valence-corrected chi connectivity index (χ0v) is 18.1. The van der Waals surface area contributed by atoms with Gasteiger partial charge in [0.1, 0.15) is 5.69 Å². The molecule has 164 valence electrons. The van der Waals surface area contributed by atoms with Crippen molar-refractivity contribution in [3.05, 3.63) is 23.5 Å². The Balaban J connectivity index is 1.80. The SMILES string of the molecule is CCN1CC(c2cnc(C(=O)C(C)C)c(NC(=O)CN3CCOCC3)c2)CCC1=O. The molecule has 0 bridgehead atoms. The second-order valence-corrected chi connectivity index (χ2v) is 8.29. The van der Waals surface area contributed by atoms with Crippen molar-refractivity contribution in [2.75, 3.05) is 51.3 Å². The first kappa shape index (κ1) is 22.4. The van der Waals surface area contributed by atoms with Crippen LogP contribution >= 0.6 is 0 Å². The van der Waals surface area contributed by atoms with Crippen molar-refractivity contribution in [2.45, 2.75) is 39.5 Å². The fourth-order valence-electron chi connectivity index (χ4n) is 3.91. The van der Waals surface area contributed by atoms with Crippen LogP contribution in [0, 0.1) is 5.92 Å². The predicted octanol–water partition coefficient (Wildman–Crippen LogP) is 1.92. The molecule has 1 unspecified atom stereocenters.